The number of hydrogen-bond donors (Lipinski definition) is 1. The van der Waals surface area contributed by atoms with E-state index in [4.69, 9.17) is 37.9 Å². The SMILES string of the molecule is CCC/C=C(/C(=O)OC)c1cc(Oc2c(Cl)cc(-n3nc(C#N)c(=O)[nH]c3=O)cc2Cl)ccc1C. The van der Waals surface area contributed by atoms with Gasteiger partial charge in [-0.05, 0) is 48.7 Å². The quantitative estimate of drug-likeness (QED) is 0.361. The first-order valence-electron chi connectivity index (χ1n) is 10.4. The van der Waals surface area contributed by atoms with Crippen LogP contribution in [0.4, 0.5) is 0 Å². The Bertz CT molecular complexity index is 1460. The number of esters is 1. The van der Waals surface area contributed by atoms with Gasteiger partial charge < -0.3 is 9.47 Å². The van der Waals surface area contributed by atoms with Gasteiger partial charge in [0.15, 0.2) is 5.75 Å². The smallest absolute Gasteiger partial charge is 0.349 e. The molecule has 0 spiro atoms. The molecule has 35 heavy (non-hydrogen) atoms. The van der Waals surface area contributed by atoms with Crippen molar-refractivity contribution in [1.29, 1.82) is 5.26 Å². The van der Waals surface area contributed by atoms with E-state index in [2.05, 4.69) is 5.10 Å². The molecule has 1 heterocycles. The van der Waals surface area contributed by atoms with E-state index in [0.29, 0.717) is 23.3 Å². The maximum atomic E-state index is 12.4. The molecule has 0 radical (unpaired) electrons. The number of hydrogen-bond acceptors (Lipinski definition) is 7. The number of rotatable bonds is 7. The number of carbonyl (C=O) groups excluding carboxylic acids is 1. The minimum atomic E-state index is -0.902. The lowest BCUT2D eigenvalue weighted by Crippen LogP contribution is -2.33. The zero-order valence-electron chi connectivity index (χ0n) is 19.0. The van der Waals surface area contributed by atoms with E-state index < -0.39 is 22.9 Å². The Kier molecular flexibility index (Phi) is 8.12. The van der Waals surface area contributed by atoms with Crippen molar-refractivity contribution in [2.24, 2.45) is 0 Å². The van der Waals surface area contributed by atoms with Crippen molar-refractivity contribution in [2.75, 3.05) is 7.11 Å². The summed E-state index contributed by atoms with van der Waals surface area (Å²) in [5.74, 6) is -0.00345. The Morgan fingerprint density at radius 3 is 2.51 bits per heavy atom. The van der Waals surface area contributed by atoms with Gasteiger partial charge in [0.1, 0.15) is 11.8 Å². The van der Waals surface area contributed by atoms with E-state index in [1.807, 2.05) is 24.9 Å². The monoisotopic (exact) mass is 514 g/mol. The third-order valence-electron chi connectivity index (χ3n) is 4.92. The third-order valence-corrected chi connectivity index (χ3v) is 5.48. The van der Waals surface area contributed by atoms with Gasteiger partial charge in [-0.15, -0.1) is 5.10 Å². The summed E-state index contributed by atoms with van der Waals surface area (Å²) in [6.07, 6.45) is 3.37. The molecule has 0 bridgehead atoms. The van der Waals surface area contributed by atoms with Crippen LogP contribution in [0.15, 0.2) is 46.0 Å². The predicted molar refractivity (Wildman–Crippen MR) is 131 cm³/mol. The van der Waals surface area contributed by atoms with E-state index in [1.54, 1.807) is 24.3 Å². The van der Waals surface area contributed by atoms with Crippen molar-refractivity contribution >= 4 is 34.7 Å². The Morgan fingerprint density at radius 1 is 1.23 bits per heavy atom. The fraction of sp³-hybridized carbons (Fsp3) is 0.208. The number of ether oxygens (including phenoxy) is 2. The summed E-state index contributed by atoms with van der Waals surface area (Å²) < 4.78 is 11.7. The molecule has 0 unspecified atom stereocenters. The number of methoxy groups -OCH3 is 1. The maximum Gasteiger partial charge on any atom is 0.349 e. The topological polar surface area (TPSA) is 127 Å². The molecule has 0 saturated heterocycles. The van der Waals surface area contributed by atoms with Gasteiger partial charge in [-0.25, -0.2) is 9.59 Å². The molecule has 11 heteroatoms. The second-order valence-electron chi connectivity index (χ2n) is 7.35. The number of carbonyl (C=O) groups is 1. The Hall–Kier alpha value is -3.87. The number of nitrogens with zero attached hydrogens (tertiary/aromatic N) is 3. The number of allylic oxidation sites excluding steroid dienone is 1. The summed E-state index contributed by atoms with van der Waals surface area (Å²) in [6, 6.07) is 9.48. The van der Waals surface area contributed by atoms with Crippen LogP contribution in [-0.2, 0) is 9.53 Å². The van der Waals surface area contributed by atoms with Gasteiger partial charge in [-0.2, -0.15) is 9.94 Å². The minimum absolute atomic E-state index is 0.0442. The predicted octanol–water partition coefficient (Wildman–Crippen LogP) is 4.56. The lowest BCUT2D eigenvalue weighted by Gasteiger charge is -2.15. The zero-order chi connectivity index (χ0) is 25.7. The van der Waals surface area contributed by atoms with Crippen LogP contribution in [-0.4, -0.2) is 27.8 Å². The lowest BCUT2D eigenvalue weighted by molar-refractivity contribution is -0.133. The molecule has 1 aromatic heterocycles. The summed E-state index contributed by atoms with van der Waals surface area (Å²) in [5.41, 5.74) is -0.254. The standard InChI is InChI=1S/C24H20Cl2N4O5/c1-4-5-6-16(23(32)34-3)17-11-15(8-7-13(17)2)35-21-18(25)9-14(10-19(21)26)30-24(33)28-22(31)20(12-27)29-30/h6-11H,4-5H2,1-3H3,(H,28,31,33)/b16-6+. The summed E-state index contributed by atoms with van der Waals surface area (Å²) >= 11 is 12.8. The van der Waals surface area contributed by atoms with E-state index in [9.17, 15) is 14.4 Å². The third kappa shape index (κ3) is 5.62. The molecule has 9 nitrogen and oxygen atoms in total. The Balaban J connectivity index is 2.03. The number of unbranched alkanes of at least 4 members (excludes halogenated alkanes) is 1. The number of halogens is 2. The molecule has 3 rings (SSSR count). The molecule has 3 aromatic rings. The van der Waals surface area contributed by atoms with Crippen molar-refractivity contribution in [1.82, 2.24) is 14.8 Å². The summed E-state index contributed by atoms with van der Waals surface area (Å²) in [7, 11) is 1.32. The summed E-state index contributed by atoms with van der Waals surface area (Å²) in [6.45, 7) is 3.87. The van der Waals surface area contributed by atoms with Crippen LogP contribution in [0.5, 0.6) is 11.5 Å². The Labute approximate surface area is 210 Å². The fourth-order valence-corrected chi connectivity index (χ4v) is 3.74. The summed E-state index contributed by atoms with van der Waals surface area (Å²) in [5, 5.41) is 12.8. The number of aryl methyl sites for hydroxylation is 1. The van der Waals surface area contributed by atoms with Gasteiger partial charge in [0, 0.05) is 0 Å². The number of aromatic amines is 1. The highest BCUT2D eigenvalue weighted by molar-refractivity contribution is 6.37. The van der Waals surface area contributed by atoms with Gasteiger partial charge in [0.05, 0.1) is 28.4 Å². The Morgan fingerprint density at radius 2 is 1.91 bits per heavy atom. The number of aromatic nitrogens is 3. The molecule has 0 aliphatic rings. The largest absolute Gasteiger partial charge is 0.465 e. The molecule has 0 amide bonds. The number of benzene rings is 2. The molecular weight excluding hydrogens is 495 g/mol. The first-order valence-corrected chi connectivity index (χ1v) is 11.2. The normalized spacial score (nSPS) is 11.1. The van der Waals surface area contributed by atoms with Crippen LogP contribution in [0.2, 0.25) is 10.0 Å². The molecule has 180 valence electrons. The molecular formula is C24H20Cl2N4O5. The highest BCUT2D eigenvalue weighted by Gasteiger charge is 2.18. The van der Waals surface area contributed by atoms with Crippen molar-refractivity contribution in [3.05, 3.63) is 84.1 Å². The molecule has 0 saturated carbocycles. The number of nitriles is 1. The molecule has 0 aliphatic heterocycles. The van der Waals surface area contributed by atoms with Crippen molar-refractivity contribution in [3.8, 4) is 23.3 Å². The molecule has 0 atom stereocenters. The van der Waals surface area contributed by atoms with Crippen LogP contribution in [0.25, 0.3) is 11.3 Å². The molecule has 1 N–H and O–H groups in total. The van der Waals surface area contributed by atoms with Crippen LogP contribution in [0, 0.1) is 18.3 Å². The average molecular weight is 515 g/mol. The van der Waals surface area contributed by atoms with E-state index >= 15 is 0 Å². The van der Waals surface area contributed by atoms with Crippen LogP contribution in [0.3, 0.4) is 0 Å². The second kappa shape index (κ2) is 11.0. The highest BCUT2D eigenvalue weighted by atomic mass is 35.5. The average Bonchev–Trinajstić information content (AvgIpc) is 2.83. The molecule has 0 fully saturated rings. The van der Waals surface area contributed by atoms with Crippen LogP contribution < -0.4 is 16.0 Å². The van der Waals surface area contributed by atoms with Crippen LogP contribution >= 0.6 is 23.2 Å². The first-order chi connectivity index (χ1) is 16.7. The number of nitrogens with one attached hydrogen (secondary N) is 1. The van der Waals surface area contributed by atoms with Crippen molar-refractivity contribution < 1.29 is 14.3 Å². The number of H-pyrrole nitrogens is 1. The molecule has 2 aromatic carbocycles. The maximum absolute atomic E-state index is 12.4. The van der Waals surface area contributed by atoms with Crippen molar-refractivity contribution in [3.63, 3.8) is 0 Å². The molecule has 0 aliphatic carbocycles. The minimum Gasteiger partial charge on any atom is -0.465 e. The highest BCUT2D eigenvalue weighted by Crippen LogP contribution is 2.39. The van der Waals surface area contributed by atoms with Crippen LogP contribution in [0.1, 0.15) is 36.6 Å². The van der Waals surface area contributed by atoms with Gasteiger partial charge in [0.25, 0.3) is 5.56 Å². The second-order valence-corrected chi connectivity index (χ2v) is 8.16. The van der Waals surface area contributed by atoms with Gasteiger partial charge >= 0.3 is 11.7 Å². The van der Waals surface area contributed by atoms with Crippen molar-refractivity contribution in [2.45, 2.75) is 26.7 Å². The van der Waals surface area contributed by atoms with Gasteiger partial charge in [-0.1, -0.05) is 48.7 Å². The fourth-order valence-electron chi connectivity index (χ4n) is 3.19. The lowest BCUT2D eigenvalue weighted by atomic mass is 9.99. The zero-order valence-corrected chi connectivity index (χ0v) is 20.5. The van der Waals surface area contributed by atoms with E-state index in [-0.39, 0.29) is 21.5 Å². The van der Waals surface area contributed by atoms with E-state index in [0.717, 1.165) is 16.7 Å². The van der Waals surface area contributed by atoms with Gasteiger partial charge in [-0.3, -0.25) is 9.78 Å². The first kappa shape index (κ1) is 25.7. The summed E-state index contributed by atoms with van der Waals surface area (Å²) in [4.78, 5) is 38.1. The van der Waals surface area contributed by atoms with Gasteiger partial charge in [0.2, 0.25) is 5.69 Å². The van der Waals surface area contributed by atoms with E-state index in [1.165, 1.54) is 19.2 Å².